The van der Waals surface area contributed by atoms with Crippen LogP contribution in [0, 0.1) is 0 Å². The van der Waals surface area contributed by atoms with E-state index in [1.165, 1.54) is 0 Å². The van der Waals surface area contributed by atoms with Gasteiger partial charge in [0, 0.05) is 12.2 Å². The summed E-state index contributed by atoms with van der Waals surface area (Å²) in [4.78, 5) is 9.01. The Morgan fingerprint density at radius 3 is 2.79 bits per heavy atom. The lowest BCUT2D eigenvalue weighted by molar-refractivity contribution is 0.213. The first-order valence-electron chi connectivity index (χ1n) is 6.47. The van der Waals surface area contributed by atoms with Crippen molar-refractivity contribution in [3.05, 3.63) is 11.0 Å². The van der Waals surface area contributed by atoms with Crippen molar-refractivity contribution >= 4 is 28.2 Å². The number of halogens is 1. The minimum absolute atomic E-state index is 0.0516. The van der Waals surface area contributed by atoms with E-state index in [2.05, 4.69) is 15.3 Å². The zero-order valence-corrected chi connectivity index (χ0v) is 12.1. The number of nitrogens with zero attached hydrogens (tertiary/aromatic N) is 2. The maximum absolute atomic E-state index is 12.0. The molecule has 0 amide bonds. The van der Waals surface area contributed by atoms with Crippen LogP contribution >= 0.6 is 11.6 Å². The maximum Gasteiger partial charge on any atom is 0.224 e. The third-order valence-corrected chi connectivity index (χ3v) is 5.54. The van der Waals surface area contributed by atoms with Gasteiger partial charge in [-0.05, 0) is 24.4 Å². The summed E-state index contributed by atoms with van der Waals surface area (Å²) in [5.74, 6) is 1.12. The van der Waals surface area contributed by atoms with Gasteiger partial charge in [-0.1, -0.05) is 12.8 Å². The summed E-state index contributed by atoms with van der Waals surface area (Å²) in [6, 6.07) is 0. The third-order valence-electron chi connectivity index (χ3n) is 3.91. The molecule has 0 saturated heterocycles. The highest BCUT2D eigenvalue weighted by atomic mass is 35.5. The number of fused-ring (bicyclic) bond motifs is 1. The lowest BCUT2D eigenvalue weighted by Gasteiger charge is -2.29. The lowest BCUT2D eigenvalue weighted by atomic mass is 9.99. The molecule has 2 N–H and O–H groups in total. The first kappa shape index (κ1) is 13.3. The Morgan fingerprint density at radius 1 is 1.37 bits per heavy atom. The van der Waals surface area contributed by atoms with E-state index in [0.717, 1.165) is 31.4 Å². The van der Waals surface area contributed by atoms with Crippen molar-refractivity contribution in [1.29, 1.82) is 0 Å². The van der Waals surface area contributed by atoms with Crippen molar-refractivity contribution in [2.75, 3.05) is 17.7 Å². The summed E-state index contributed by atoms with van der Waals surface area (Å²) in [6.45, 7) is 0.0516. The van der Waals surface area contributed by atoms with E-state index in [-0.39, 0.29) is 17.4 Å². The molecule has 1 saturated carbocycles. The Hall–Kier alpha value is -0.720. The zero-order valence-electron chi connectivity index (χ0n) is 10.5. The van der Waals surface area contributed by atoms with Gasteiger partial charge in [-0.25, -0.2) is 4.98 Å². The Labute approximate surface area is 119 Å². The molecule has 104 valence electrons. The Kier molecular flexibility index (Phi) is 3.49. The molecule has 1 aliphatic carbocycles. The number of aliphatic hydroxyl groups excluding tert-OH is 1. The monoisotopic (exact) mass is 301 g/mol. The van der Waals surface area contributed by atoms with Gasteiger partial charge in [0.05, 0.1) is 28.6 Å². The van der Waals surface area contributed by atoms with Crippen LogP contribution in [0.1, 0.15) is 31.4 Å². The largest absolute Gasteiger partial charge is 0.394 e. The molecule has 2 aliphatic rings. The standard InChI is InChI=1S/C12H16ClN3O2S/c13-11-14-8-3-6-19(18)9(8)10(15-11)16-12(7-17)4-1-2-5-12/h17H,1-7H2,(H,14,15,16). The van der Waals surface area contributed by atoms with E-state index < -0.39 is 10.8 Å². The van der Waals surface area contributed by atoms with Gasteiger partial charge in [-0.3, -0.25) is 4.21 Å². The summed E-state index contributed by atoms with van der Waals surface area (Å²) < 4.78 is 12.0. The van der Waals surface area contributed by atoms with Gasteiger partial charge in [0.2, 0.25) is 5.28 Å². The molecule has 5 nitrogen and oxygen atoms in total. The molecule has 0 aromatic carbocycles. The van der Waals surface area contributed by atoms with E-state index in [1.807, 2.05) is 0 Å². The van der Waals surface area contributed by atoms with Crippen LogP contribution in [-0.4, -0.2) is 37.2 Å². The Morgan fingerprint density at radius 2 is 2.11 bits per heavy atom. The van der Waals surface area contributed by atoms with Gasteiger partial charge in [0.1, 0.15) is 10.7 Å². The molecule has 2 heterocycles. The average Bonchev–Trinajstić information content (AvgIpc) is 2.98. The molecule has 1 aliphatic heterocycles. The fourth-order valence-corrected chi connectivity index (χ4v) is 4.37. The van der Waals surface area contributed by atoms with Gasteiger partial charge in [-0.2, -0.15) is 4.98 Å². The van der Waals surface area contributed by atoms with E-state index in [1.54, 1.807) is 0 Å². The van der Waals surface area contributed by atoms with Crippen LogP contribution in [-0.2, 0) is 17.2 Å². The third kappa shape index (κ3) is 2.37. The topological polar surface area (TPSA) is 75.1 Å². The fourth-order valence-electron chi connectivity index (χ4n) is 2.88. The molecule has 0 spiro atoms. The summed E-state index contributed by atoms with van der Waals surface area (Å²) in [6.07, 6.45) is 4.62. The van der Waals surface area contributed by atoms with Crippen molar-refractivity contribution in [3.8, 4) is 0 Å². The molecular weight excluding hydrogens is 286 g/mol. The number of hydrogen-bond acceptors (Lipinski definition) is 5. The number of aryl methyl sites for hydroxylation is 1. The number of hydrogen-bond donors (Lipinski definition) is 2. The molecular formula is C12H16ClN3O2S. The van der Waals surface area contributed by atoms with Crippen molar-refractivity contribution in [2.45, 2.75) is 42.5 Å². The van der Waals surface area contributed by atoms with E-state index in [9.17, 15) is 9.32 Å². The number of anilines is 1. The van der Waals surface area contributed by atoms with E-state index in [4.69, 9.17) is 11.6 Å². The minimum atomic E-state index is -1.07. The summed E-state index contributed by atoms with van der Waals surface area (Å²) in [7, 11) is -1.07. The van der Waals surface area contributed by atoms with Gasteiger partial charge in [-0.15, -0.1) is 0 Å². The molecule has 3 rings (SSSR count). The highest BCUT2D eigenvalue weighted by molar-refractivity contribution is 7.85. The second kappa shape index (κ2) is 5.00. The smallest absolute Gasteiger partial charge is 0.224 e. The normalized spacial score (nSPS) is 24.4. The molecule has 19 heavy (non-hydrogen) atoms. The summed E-state index contributed by atoms with van der Waals surface area (Å²) in [5.41, 5.74) is 0.421. The Balaban J connectivity index is 1.99. The van der Waals surface area contributed by atoms with Gasteiger partial charge in [0.15, 0.2) is 0 Å². The van der Waals surface area contributed by atoms with Crippen molar-refractivity contribution < 1.29 is 9.32 Å². The number of aromatic nitrogens is 2. The number of nitrogens with one attached hydrogen (secondary N) is 1. The first-order chi connectivity index (χ1) is 9.13. The zero-order chi connectivity index (χ0) is 13.5. The van der Waals surface area contributed by atoms with Crippen molar-refractivity contribution in [1.82, 2.24) is 9.97 Å². The van der Waals surface area contributed by atoms with Crippen LogP contribution in [0.25, 0.3) is 0 Å². The fraction of sp³-hybridized carbons (Fsp3) is 0.667. The predicted octanol–water partition coefficient (Wildman–Crippen LogP) is 1.51. The molecule has 1 aromatic rings. The van der Waals surface area contributed by atoms with E-state index in [0.29, 0.717) is 22.9 Å². The highest BCUT2D eigenvalue weighted by Crippen LogP contribution is 2.36. The second-order valence-electron chi connectivity index (χ2n) is 5.19. The molecule has 0 radical (unpaired) electrons. The number of aliphatic hydroxyl groups is 1. The van der Waals surface area contributed by atoms with Crippen LogP contribution < -0.4 is 5.32 Å². The summed E-state index contributed by atoms with van der Waals surface area (Å²) >= 11 is 5.93. The van der Waals surface area contributed by atoms with Crippen LogP contribution in [0.15, 0.2) is 4.90 Å². The lowest BCUT2D eigenvalue weighted by Crippen LogP contribution is -2.39. The average molecular weight is 302 g/mol. The van der Waals surface area contributed by atoms with Gasteiger partial charge < -0.3 is 10.4 Å². The molecule has 1 aromatic heterocycles. The van der Waals surface area contributed by atoms with Crippen LogP contribution in [0.4, 0.5) is 5.82 Å². The first-order valence-corrected chi connectivity index (χ1v) is 8.17. The Bertz CT molecular complexity index is 532. The number of rotatable bonds is 3. The van der Waals surface area contributed by atoms with Crippen molar-refractivity contribution in [3.63, 3.8) is 0 Å². The van der Waals surface area contributed by atoms with E-state index >= 15 is 0 Å². The molecule has 7 heteroatoms. The highest BCUT2D eigenvalue weighted by Gasteiger charge is 2.36. The van der Waals surface area contributed by atoms with Gasteiger partial charge in [0.25, 0.3) is 0 Å². The van der Waals surface area contributed by atoms with Crippen LogP contribution in [0.5, 0.6) is 0 Å². The maximum atomic E-state index is 12.0. The minimum Gasteiger partial charge on any atom is -0.394 e. The van der Waals surface area contributed by atoms with Gasteiger partial charge >= 0.3 is 0 Å². The molecule has 1 atom stereocenters. The van der Waals surface area contributed by atoms with Crippen LogP contribution in [0.3, 0.4) is 0 Å². The second-order valence-corrected chi connectivity index (χ2v) is 7.03. The van der Waals surface area contributed by atoms with Crippen LogP contribution in [0.2, 0.25) is 5.28 Å². The predicted molar refractivity (Wildman–Crippen MR) is 73.9 cm³/mol. The van der Waals surface area contributed by atoms with Crippen molar-refractivity contribution in [2.24, 2.45) is 0 Å². The molecule has 0 bridgehead atoms. The molecule has 1 fully saturated rings. The summed E-state index contributed by atoms with van der Waals surface area (Å²) in [5, 5.41) is 13.1. The quantitative estimate of drug-likeness (QED) is 0.828. The SMILES string of the molecule is O=S1CCc2nc(Cl)nc(NC3(CO)CCCC3)c21. The molecule has 1 unspecified atom stereocenters.